The summed E-state index contributed by atoms with van der Waals surface area (Å²) in [5, 5.41) is 25.8. The van der Waals surface area contributed by atoms with Gasteiger partial charge in [0, 0.05) is 56.1 Å². The van der Waals surface area contributed by atoms with E-state index in [0.717, 1.165) is 37.6 Å². The molecule has 208 valence electrons. The number of nitriles is 1. The van der Waals surface area contributed by atoms with Crippen LogP contribution >= 0.6 is 0 Å². The maximum Gasteiger partial charge on any atom is 0.251 e. The summed E-state index contributed by atoms with van der Waals surface area (Å²) >= 11 is 0. The Labute approximate surface area is 231 Å². The molecule has 2 aromatic carbocycles. The summed E-state index contributed by atoms with van der Waals surface area (Å²) in [6.45, 7) is 5.32. The number of likely N-dealkylation sites (tertiary alicyclic amines) is 1. The minimum Gasteiger partial charge on any atom is -0.486 e. The summed E-state index contributed by atoms with van der Waals surface area (Å²) < 4.78 is 20.7. The number of halogens is 1. The van der Waals surface area contributed by atoms with E-state index >= 15 is 0 Å². The van der Waals surface area contributed by atoms with Crippen molar-refractivity contribution in [3.63, 3.8) is 0 Å². The van der Waals surface area contributed by atoms with Gasteiger partial charge in [0.15, 0.2) is 12.0 Å². The van der Waals surface area contributed by atoms with E-state index in [2.05, 4.69) is 48.7 Å². The summed E-state index contributed by atoms with van der Waals surface area (Å²) in [6.07, 6.45) is -1.82. The Morgan fingerprint density at radius 2 is 1.98 bits per heavy atom. The zero-order chi connectivity index (χ0) is 28.1. The van der Waals surface area contributed by atoms with E-state index in [1.165, 1.54) is 18.2 Å². The first kappa shape index (κ1) is 27.2. The first-order valence-electron chi connectivity index (χ1n) is 13.2. The lowest BCUT2D eigenvalue weighted by atomic mass is 10.0. The van der Waals surface area contributed by atoms with Crippen molar-refractivity contribution in [3.05, 3.63) is 54.4 Å². The molecule has 0 unspecified atom stereocenters. The average molecular weight is 547 g/mol. The van der Waals surface area contributed by atoms with Gasteiger partial charge in [0.1, 0.15) is 30.4 Å². The van der Waals surface area contributed by atoms with Crippen LogP contribution in [0.15, 0.2) is 48.8 Å². The maximum atomic E-state index is 14.8. The van der Waals surface area contributed by atoms with Gasteiger partial charge in [0.05, 0.1) is 12.1 Å². The quantitative estimate of drug-likeness (QED) is 0.404. The van der Waals surface area contributed by atoms with E-state index in [4.69, 9.17) is 4.74 Å². The number of hydrogen-bond donors (Lipinski definition) is 3. The molecule has 5 rings (SSSR count). The van der Waals surface area contributed by atoms with Crippen molar-refractivity contribution in [2.45, 2.75) is 31.7 Å². The van der Waals surface area contributed by atoms with Gasteiger partial charge in [-0.15, -0.1) is 0 Å². The van der Waals surface area contributed by atoms with Crippen molar-refractivity contribution >= 4 is 23.2 Å². The summed E-state index contributed by atoms with van der Waals surface area (Å²) in [5.41, 5.74) is 2.79. The smallest absolute Gasteiger partial charge is 0.251 e. The van der Waals surface area contributed by atoms with Crippen molar-refractivity contribution in [3.8, 4) is 23.2 Å². The van der Waals surface area contributed by atoms with Crippen molar-refractivity contribution in [1.29, 1.82) is 5.26 Å². The molecule has 2 aliphatic rings. The number of aliphatic hydroxyl groups excluding tert-OH is 1. The second-order valence-electron chi connectivity index (χ2n) is 9.79. The molecule has 0 radical (unpaired) electrons. The zero-order valence-corrected chi connectivity index (χ0v) is 22.1. The van der Waals surface area contributed by atoms with Crippen LogP contribution in [-0.2, 0) is 4.79 Å². The van der Waals surface area contributed by atoms with E-state index in [-0.39, 0.29) is 30.8 Å². The molecule has 40 heavy (non-hydrogen) atoms. The van der Waals surface area contributed by atoms with Crippen LogP contribution in [0.4, 0.5) is 21.7 Å². The monoisotopic (exact) mass is 546 g/mol. The number of hydrogen-bond acceptors (Lipinski definition) is 10. The van der Waals surface area contributed by atoms with E-state index in [1.807, 2.05) is 12.1 Å². The highest BCUT2D eigenvalue weighted by Gasteiger charge is 2.34. The van der Waals surface area contributed by atoms with Crippen LogP contribution in [0.25, 0.3) is 11.4 Å². The number of piperazine rings is 1. The normalized spacial score (nSPS) is 19.9. The fourth-order valence-electron chi connectivity index (χ4n) is 4.81. The number of carbonyl (C=O) groups excluding carboxylic acids is 1. The lowest BCUT2D eigenvalue weighted by molar-refractivity contribution is -0.143. The molecule has 2 saturated heterocycles. The summed E-state index contributed by atoms with van der Waals surface area (Å²) in [5.74, 6) is 0.455. The molecule has 1 aromatic heterocycles. The number of aliphatic hydroxyl groups is 1. The Morgan fingerprint density at radius 1 is 1.20 bits per heavy atom. The number of benzene rings is 2. The molecule has 1 amide bonds. The standard InChI is InChI=1S/C28H31FN8O3/c1-18(38)27(39)37-11-8-25(23(29)16-37)40-24-7-2-19(14-20(24)15-30)26-32-17-33-28(35-26)34-21-3-5-22(6-4-21)36-12-9-31-10-13-36/h2-7,14,17-18,23,25,31,38H,8-13,16H2,1H3,(H,32,33,34,35)/t18-,23-,25-/m0/s1. The predicted octanol–water partition coefficient (Wildman–Crippen LogP) is 2.26. The van der Waals surface area contributed by atoms with Crippen LogP contribution in [0.1, 0.15) is 18.9 Å². The third-order valence-electron chi connectivity index (χ3n) is 6.96. The number of nitrogens with zero attached hydrogens (tertiary/aromatic N) is 6. The number of piperidine rings is 1. The second kappa shape index (κ2) is 12.2. The second-order valence-corrected chi connectivity index (χ2v) is 9.79. The minimum absolute atomic E-state index is 0.173. The summed E-state index contributed by atoms with van der Waals surface area (Å²) in [6, 6.07) is 15.1. The van der Waals surface area contributed by atoms with Crippen LogP contribution < -0.4 is 20.3 Å². The highest BCUT2D eigenvalue weighted by atomic mass is 19.1. The van der Waals surface area contributed by atoms with Crippen molar-refractivity contribution in [2.75, 3.05) is 49.5 Å². The van der Waals surface area contributed by atoms with Crippen LogP contribution in [0.3, 0.4) is 0 Å². The number of aromatic nitrogens is 3. The topological polar surface area (TPSA) is 140 Å². The van der Waals surface area contributed by atoms with Crippen molar-refractivity contribution in [1.82, 2.24) is 25.2 Å². The van der Waals surface area contributed by atoms with Gasteiger partial charge < -0.3 is 30.3 Å². The van der Waals surface area contributed by atoms with E-state index < -0.39 is 24.3 Å². The average Bonchev–Trinajstić information content (AvgIpc) is 2.99. The first-order chi connectivity index (χ1) is 19.4. The number of alkyl halides is 1. The SMILES string of the molecule is C[C@H](O)C(=O)N1CC[C@H](Oc2ccc(-c3ncnc(Nc4ccc(N5CCNCC5)cc4)n3)cc2C#N)[C@@H](F)C1. The predicted molar refractivity (Wildman–Crippen MR) is 147 cm³/mol. The lowest BCUT2D eigenvalue weighted by Gasteiger charge is -2.35. The minimum atomic E-state index is -1.45. The van der Waals surface area contributed by atoms with Gasteiger partial charge in [-0.2, -0.15) is 10.2 Å². The molecule has 2 aliphatic heterocycles. The van der Waals surface area contributed by atoms with Crippen LogP contribution in [-0.4, -0.2) is 88.5 Å². The number of amides is 1. The molecule has 0 spiro atoms. The molecule has 3 aromatic rings. The van der Waals surface area contributed by atoms with Gasteiger partial charge in [-0.3, -0.25) is 4.79 Å². The molecule has 0 saturated carbocycles. The molecular formula is C28H31FN8O3. The van der Waals surface area contributed by atoms with Crippen LogP contribution in [0.2, 0.25) is 0 Å². The first-order valence-corrected chi connectivity index (χ1v) is 13.2. The van der Waals surface area contributed by atoms with E-state index in [0.29, 0.717) is 17.3 Å². The van der Waals surface area contributed by atoms with Crippen LogP contribution in [0.5, 0.6) is 5.75 Å². The largest absolute Gasteiger partial charge is 0.486 e. The molecule has 3 N–H and O–H groups in total. The van der Waals surface area contributed by atoms with Gasteiger partial charge in [0.2, 0.25) is 5.95 Å². The Kier molecular flexibility index (Phi) is 8.33. The number of carbonyl (C=O) groups is 1. The van der Waals surface area contributed by atoms with E-state index in [1.54, 1.807) is 18.2 Å². The van der Waals surface area contributed by atoms with Gasteiger partial charge in [0.25, 0.3) is 5.91 Å². The molecule has 0 bridgehead atoms. The molecule has 2 fully saturated rings. The molecular weight excluding hydrogens is 515 g/mol. The third kappa shape index (κ3) is 6.27. The zero-order valence-electron chi connectivity index (χ0n) is 22.1. The molecule has 11 nitrogen and oxygen atoms in total. The fraction of sp³-hybridized carbons (Fsp3) is 0.393. The molecule has 12 heteroatoms. The summed E-state index contributed by atoms with van der Waals surface area (Å²) in [7, 11) is 0. The van der Waals surface area contributed by atoms with Crippen LogP contribution in [0, 0.1) is 11.3 Å². The third-order valence-corrected chi connectivity index (χ3v) is 6.96. The molecule has 3 atom stereocenters. The van der Waals surface area contributed by atoms with Crippen molar-refractivity contribution < 1.29 is 19.0 Å². The Bertz CT molecular complexity index is 1370. The van der Waals surface area contributed by atoms with Gasteiger partial charge >= 0.3 is 0 Å². The molecule has 0 aliphatic carbocycles. The fourth-order valence-corrected chi connectivity index (χ4v) is 4.81. The Morgan fingerprint density at radius 3 is 2.67 bits per heavy atom. The highest BCUT2D eigenvalue weighted by Crippen LogP contribution is 2.29. The van der Waals surface area contributed by atoms with Gasteiger partial charge in [-0.25, -0.2) is 14.4 Å². The Hall–Kier alpha value is -4.34. The number of rotatable bonds is 7. The number of nitrogens with one attached hydrogen (secondary N) is 2. The number of anilines is 3. The Balaban J connectivity index is 1.25. The lowest BCUT2D eigenvalue weighted by Crippen LogP contribution is -2.51. The van der Waals surface area contributed by atoms with Gasteiger partial charge in [-0.1, -0.05) is 0 Å². The van der Waals surface area contributed by atoms with Crippen molar-refractivity contribution in [2.24, 2.45) is 0 Å². The van der Waals surface area contributed by atoms with Gasteiger partial charge in [-0.05, 0) is 49.4 Å². The maximum absolute atomic E-state index is 14.8. The number of ether oxygens (including phenoxy) is 1. The highest BCUT2D eigenvalue weighted by molar-refractivity contribution is 5.80. The van der Waals surface area contributed by atoms with E-state index in [9.17, 15) is 19.6 Å². The summed E-state index contributed by atoms with van der Waals surface area (Å²) in [4.78, 5) is 28.6. The molecule has 3 heterocycles.